The van der Waals surface area contributed by atoms with Crippen molar-refractivity contribution in [3.05, 3.63) is 35.4 Å². The lowest BCUT2D eigenvalue weighted by Crippen LogP contribution is -2.42. The highest BCUT2D eigenvalue weighted by Crippen LogP contribution is 2.32. The second-order valence-electron chi connectivity index (χ2n) is 5.31. The zero-order chi connectivity index (χ0) is 12.4. The number of fused-ring (bicyclic) bond motifs is 1. The average molecular weight is 245 g/mol. The van der Waals surface area contributed by atoms with Crippen LogP contribution in [0.25, 0.3) is 0 Å². The summed E-state index contributed by atoms with van der Waals surface area (Å²) in [5.74, 6) is 0.725. The summed E-state index contributed by atoms with van der Waals surface area (Å²) in [5, 5.41) is 3.25. The first kappa shape index (κ1) is 11.7. The number of esters is 1. The van der Waals surface area contributed by atoms with Gasteiger partial charge in [-0.25, -0.2) is 0 Å². The Morgan fingerprint density at radius 3 is 2.83 bits per heavy atom. The molecule has 1 aliphatic heterocycles. The molecule has 1 heterocycles. The van der Waals surface area contributed by atoms with Gasteiger partial charge in [0.1, 0.15) is 6.04 Å². The van der Waals surface area contributed by atoms with Crippen molar-refractivity contribution in [3.63, 3.8) is 0 Å². The molecule has 3 rings (SSSR count). The molecule has 1 saturated carbocycles. The summed E-state index contributed by atoms with van der Waals surface area (Å²) in [6.45, 7) is 1.35. The Labute approximate surface area is 108 Å². The van der Waals surface area contributed by atoms with Crippen molar-refractivity contribution >= 4 is 5.97 Å². The number of hydrogen-bond donors (Lipinski definition) is 1. The molecule has 1 fully saturated rings. The van der Waals surface area contributed by atoms with E-state index in [1.807, 2.05) is 12.1 Å². The van der Waals surface area contributed by atoms with E-state index in [9.17, 15) is 4.79 Å². The van der Waals surface area contributed by atoms with Gasteiger partial charge in [0.2, 0.25) is 0 Å². The van der Waals surface area contributed by atoms with Crippen molar-refractivity contribution in [3.8, 4) is 0 Å². The van der Waals surface area contributed by atoms with E-state index < -0.39 is 0 Å². The number of carbonyl (C=O) groups is 1. The van der Waals surface area contributed by atoms with Gasteiger partial charge in [0.05, 0.1) is 6.61 Å². The van der Waals surface area contributed by atoms with E-state index in [0.717, 1.165) is 25.3 Å². The van der Waals surface area contributed by atoms with Crippen LogP contribution in [0, 0.1) is 5.92 Å². The number of hydrogen-bond acceptors (Lipinski definition) is 3. The minimum Gasteiger partial charge on any atom is -0.465 e. The molecule has 0 amide bonds. The third kappa shape index (κ3) is 2.72. The molecule has 1 N–H and O–H groups in total. The Balaban J connectivity index is 1.52. The molecule has 0 saturated heterocycles. The largest absolute Gasteiger partial charge is 0.465 e. The van der Waals surface area contributed by atoms with Crippen LogP contribution in [-0.2, 0) is 22.5 Å². The van der Waals surface area contributed by atoms with Gasteiger partial charge >= 0.3 is 5.97 Å². The first-order valence-corrected chi connectivity index (χ1v) is 6.80. The van der Waals surface area contributed by atoms with Crippen molar-refractivity contribution in [1.82, 2.24) is 5.32 Å². The van der Waals surface area contributed by atoms with E-state index in [1.165, 1.54) is 24.0 Å². The Morgan fingerprint density at radius 2 is 2.06 bits per heavy atom. The van der Waals surface area contributed by atoms with Gasteiger partial charge in [-0.05, 0) is 29.9 Å². The van der Waals surface area contributed by atoms with Gasteiger partial charge in [-0.1, -0.05) is 37.1 Å². The average Bonchev–Trinajstić information content (AvgIpc) is 3.22. The molecule has 1 atom stereocenters. The van der Waals surface area contributed by atoms with Crippen molar-refractivity contribution < 1.29 is 9.53 Å². The van der Waals surface area contributed by atoms with Gasteiger partial charge in [-0.15, -0.1) is 0 Å². The quantitative estimate of drug-likeness (QED) is 0.825. The normalized spacial score (nSPS) is 22.3. The number of carbonyl (C=O) groups excluding carboxylic acids is 1. The van der Waals surface area contributed by atoms with Crippen LogP contribution < -0.4 is 5.32 Å². The maximum absolute atomic E-state index is 11.9. The van der Waals surface area contributed by atoms with Crippen LogP contribution >= 0.6 is 0 Å². The summed E-state index contributed by atoms with van der Waals surface area (Å²) in [4.78, 5) is 11.9. The maximum Gasteiger partial charge on any atom is 0.323 e. The fraction of sp³-hybridized carbons (Fsp3) is 0.533. The minimum atomic E-state index is -0.167. The van der Waals surface area contributed by atoms with E-state index in [2.05, 4.69) is 17.4 Å². The predicted molar refractivity (Wildman–Crippen MR) is 69.1 cm³/mol. The fourth-order valence-electron chi connectivity index (χ4n) is 2.45. The SMILES string of the molecule is O=C(OCCC1CC1)C1Cc2ccccc2CN1. The molecule has 0 aromatic heterocycles. The van der Waals surface area contributed by atoms with Crippen LogP contribution in [0.15, 0.2) is 24.3 Å². The highest BCUT2D eigenvalue weighted by Gasteiger charge is 2.26. The summed E-state index contributed by atoms with van der Waals surface area (Å²) in [6.07, 6.45) is 4.41. The molecule has 1 aliphatic carbocycles. The second kappa shape index (κ2) is 5.11. The molecule has 1 aromatic carbocycles. The lowest BCUT2D eigenvalue weighted by Gasteiger charge is -2.24. The molecule has 96 valence electrons. The Bertz CT molecular complexity index is 440. The molecule has 1 aromatic rings. The third-order valence-corrected chi connectivity index (χ3v) is 3.83. The van der Waals surface area contributed by atoms with Gasteiger partial charge in [0.15, 0.2) is 0 Å². The van der Waals surface area contributed by atoms with Crippen LogP contribution in [0.4, 0.5) is 0 Å². The molecular weight excluding hydrogens is 226 g/mol. The fourth-order valence-corrected chi connectivity index (χ4v) is 2.45. The van der Waals surface area contributed by atoms with Crippen molar-refractivity contribution in [2.45, 2.75) is 38.3 Å². The number of benzene rings is 1. The van der Waals surface area contributed by atoms with Crippen molar-refractivity contribution in [2.75, 3.05) is 6.61 Å². The standard InChI is InChI=1S/C15H19NO2/c17-15(18-8-7-11-5-6-11)14-9-12-3-1-2-4-13(12)10-16-14/h1-4,11,14,16H,5-10H2. The molecule has 0 radical (unpaired) electrons. The zero-order valence-electron chi connectivity index (χ0n) is 10.5. The zero-order valence-corrected chi connectivity index (χ0v) is 10.5. The number of ether oxygens (including phenoxy) is 1. The first-order valence-electron chi connectivity index (χ1n) is 6.80. The van der Waals surface area contributed by atoms with Gasteiger partial charge in [-0.3, -0.25) is 4.79 Å². The van der Waals surface area contributed by atoms with Gasteiger partial charge < -0.3 is 10.1 Å². The Kier molecular flexibility index (Phi) is 3.33. The predicted octanol–water partition coefficient (Wildman–Crippen LogP) is 2.04. The van der Waals surface area contributed by atoms with Crippen LogP contribution in [0.2, 0.25) is 0 Å². The van der Waals surface area contributed by atoms with E-state index in [4.69, 9.17) is 4.74 Å². The van der Waals surface area contributed by atoms with Crippen LogP contribution in [0.5, 0.6) is 0 Å². The van der Waals surface area contributed by atoms with E-state index in [0.29, 0.717) is 6.61 Å². The second-order valence-corrected chi connectivity index (χ2v) is 5.31. The van der Waals surface area contributed by atoms with E-state index in [1.54, 1.807) is 0 Å². The van der Waals surface area contributed by atoms with Crippen molar-refractivity contribution in [1.29, 1.82) is 0 Å². The van der Waals surface area contributed by atoms with E-state index in [-0.39, 0.29) is 12.0 Å². The van der Waals surface area contributed by atoms with Crippen LogP contribution in [0.1, 0.15) is 30.4 Å². The molecule has 2 aliphatic rings. The van der Waals surface area contributed by atoms with Crippen molar-refractivity contribution in [2.24, 2.45) is 5.92 Å². The summed E-state index contributed by atoms with van der Waals surface area (Å²) < 4.78 is 5.35. The molecule has 3 heteroatoms. The molecular formula is C15H19NO2. The lowest BCUT2D eigenvalue weighted by molar-refractivity contribution is -0.146. The smallest absolute Gasteiger partial charge is 0.323 e. The van der Waals surface area contributed by atoms with Gasteiger partial charge in [0, 0.05) is 6.54 Å². The monoisotopic (exact) mass is 245 g/mol. The number of rotatable bonds is 4. The maximum atomic E-state index is 11.9. The lowest BCUT2D eigenvalue weighted by atomic mass is 9.96. The Morgan fingerprint density at radius 1 is 1.28 bits per heavy atom. The van der Waals surface area contributed by atoms with Crippen LogP contribution in [-0.4, -0.2) is 18.6 Å². The summed E-state index contributed by atoms with van der Waals surface area (Å²) >= 11 is 0. The van der Waals surface area contributed by atoms with Gasteiger partial charge in [0.25, 0.3) is 0 Å². The molecule has 18 heavy (non-hydrogen) atoms. The minimum absolute atomic E-state index is 0.0925. The summed E-state index contributed by atoms with van der Waals surface area (Å²) in [7, 11) is 0. The summed E-state index contributed by atoms with van der Waals surface area (Å²) in [5.41, 5.74) is 2.56. The highest BCUT2D eigenvalue weighted by molar-refractivity contribution is 5.76. The highest BCUT2D eigenvalue weighted by atomic mass is 16.5. The Hall–Kier alpha value is -1.35. The van der Waals surface area contributed by atoms with E-state index >= 15 is 0 Å². The molecule has 0 bridgehead atoms. The summed E-state index contributed by atoms with van der Waals surface area (Å²) in [6, 6.07) is 8.10. The third-order valence-electron chi connectivity index (χ3n) is 3.83. The number of nitrogens with one attached hydrogen (secondary N) is 1. The van der Waals surface area contributed by atoms with Gasteiger partial charge in [-0.2, -0.15) is 0 Å². The van der Waals surface area contributed by atoms with Crippen LogP contribution in [0.3, 0.4) is 0 Å². The topological polar surface area (TPSA) is 38.3 Å². The molecule has 0 spiro atoms. The first-order chi connectivity index (χ1) is 8.83. The molecule has 1 unspecified atom stereocenters. The molecule has 3 nitrogen and oxygen atoms in total.